The Morgan fingerprint density at radius 3 is 2.55 bits per heavy atom. The molecule has 0 spiro atoms. The van der Waals surface area contributed by atoms with Crippen molar-refractivity contribution in [1.82, 2.24) is 14.8 Å². The number of nitrogens with zero attached hydrogens (tertiary/aromatic N) is 4. The van der Waals surface area contributed by atoms with Crippen LogP contribution in [0.15, 0.2) is 54.9 Å². The first-order valence-electron chi connectivity index (χ1n) is 10.7. The third-order valence-corrected chi connectivity index (χ3v) is 5.83. The smallest absolute Gasteiger partial charge is 0.231 e. The van der Waals surface area contributed by atoms with E-state index in [0.717, 1.165) is 35.5 Å². The van der Waals surface area contributed by atoms with Crippen LogP contribution in [0.5, 0.6) is 11.5 Å². The number of carbonyl (C=O) groups excluding carboxylic acids is 1. The lowest BCUT2D eigenvalue weighted by molar-refractivity contribution is -0.119. The summed E-state index contributed by atoms with van der Waals surface area (Å²) in [6.07, 6.45) is 4.47. The monoisotopic (exact) mass is 420 g/mol. The molecule has 31 heavy (non-hydrogen) atoms. The molecule has 0 aliphatic carbocycles. The average molecular weight is 421 g/mol. The van der Waals surface area contributed by atoms with Gasteiger partial charge in [-0.15, -0.1) is 0 Å². The number of anilines is 1. The molecule has 1 aliphatic rings. The van der Waals surface area contributed by atoms with E-state index in [-0.39, 0.29) is 18.0 Å². The highest BCUT2D eigenvalue weighted by molar-refractivity contribution is 5.92. The van der Waals surface area contributed by atoms with Crippen LogP contribution in [0.3, 0.4) is 0 Å². The molecule has 1 aromatic heterocycles. The summed E-state index contributed by atoms with van der Waals surface area (Å²) in [4.78, 5) is 19.6. The number of unbranched alkanes of at least 4 members (excludes halogenated alkanes) is 1. The number of rotatable bonds is 7. The van der Waals surface area contributed by atoms with Gasteiger partial charge in [-0.05, 0) is 36.6 Å². The number of para-hydroxylation sites is 1. The molecule has 162 valence electrons. The van der Waals surface area contributed by atoms with Crippen LogP contribution in [0.2, 0.25) is 0 Å². The summed E-state index contributed by atoms with van der Waals surface area (Å²) in [7, 11) is 3.32. The molecule has 2 aromatic carbocycles. The number of benzene rings is 2. The van der Waals surface area contributed by atoms with E-state index >= 15 is 0 Å². The van der Waals surface area contributed by atoms with Gasteiger partial charge in [0, 0.05) is 12.0 Å². The van der Waals surface area contributed by atoms with Crippen molar-refractivity contribution in [3.63, 3.8) is 0 Å². The first kappa shape index (κ1) is 20.9. The predicted octanol–water partition coefficient (Wildman–Crippen LogP) is 4.55. The number of aromatic nitrogens is 3. The molecule has 7 heteroatoms. The number of methoxy groups -OCH3 is 2. The number of carbonyl (C=O) groups is 1. The predicted molar refractivity (Wildman–Crippen MR) is 119 cm³/mol. The Bertz CT molecular complexity index is 1030. The summed E-state index contributed by atoms with van der Waals surface area (Å²) in [5.74, 6) is 2.22. The first-order valence-corrected chi connectivity index (χ1v) is 10.7. The summed E-state index contributed by atoms with van der Waals surface area (Å²) in [6.45, 7) is 2.09. The third-order valence-electron chi connectivity index (χ3n) is 5.83. The molecular formula is C24H28N4O3. The zero-order chi connectivity index (χ0) is 21.8. The number of hydrogen-bond acceptors (Lipinski definition) is 5. The molecule has 2 unspecified atom stereocenters. The van der Waals surface area contributed by atoms with Gasteiger partial charge in [-0.3, -0.25) is 9.69 Å². The van der Waals surface area contributed by atoms with Crippen LogP contribution in [-0.2, 0) is 4.79 Å². The van der Waals surface area contributed by atoms with Crippen molar-refractivity contribution >= 4 is 11.9 Å². The van der Waals surface area contributed by atoms with Gasteiger partial charge in [0.1, 0.15) is 17.8 Å². The highest BCUT2D eigenvalue weighted by Crippen LogP contribution is 2.44. The summed E-state index contributed by atoms with van der Waals surface area (Å²) in [5, 5.41) is 4.49. The van der Waals surface area contributed by atoms with E-state index in [1.165, 1.54) is 6.33 Å². The summed E-state index contributed by atoms with van der Waals surface area (Å²) in [6, 6.07) is 15.6. The Hall–Kier alpha value is -3.35. The molecule has 0 radical (unpaired) electrons. The van der Waals surface area contributed by atoms with Gasteiger partial charge >= 0.3 is 0 Å². The van der Waals surface area contributed by atoms with Crippen LogP contribution in [0.25, 0.3) is 0 Å². The van der Waals surface area contributed by atoms with Gasteiger partial charge in [-0.2, -0.15) is 10.1 Å². The molecule has 4 rings (SSSR count). The molecule has 3 aromatic rings. The van der Waals surface area contributed by atoms with Crippen LogP contribution in [-0.4, -0.2) is 34.9 Å². The van der Waals surface area contributed by atoms with Gasteiger partial charge in [0.2, 0.25) is 11.9 Å². The Labute approximate surface area is 182 Å². The van der Waals surface area contributed by atoms with E-state index in [0.29, 0.717) is 18.8 Å². The second kappa shape index (κ2) is 9.20. The number of ether oxygens (including phenoxy) is 2. The first-order chi connectivity index (χ1) is 15.2. The fourth-order valence-corrected chi connectivity index (χ4v) is 4.24. The summed E-state index contributed by atoms with van der Waals surface area (Å²) < 4.78 is 12.8. The molecule has 0 saturated carbocycles. The molecule has 0 fully saturated rings. The fourth-order valence-electron chi connectivity index (χ4n) is 4.24. The molecule has 0 N–H and O–H groups in total. The Kier molecular flexibility index (Phi) is 6.21. The molecule has 2 atom stereocenters. The zero-order valence-electron chi connectivity index (χ0n) is 18.2. The minimum Gasteiger partial charge on any atom is -0.497 e. The van der Waals surface area contributed by atoms with Crippen molar-refractivity contribution in [3.8, 4) is 11.5 Å². The lowest BCUT2D eigenvalue weighted by Crippen LogP contribution is -2.42. The molecule has 7 nitrogen and oxygen atoms in total. The molecule has 1 amide bonds. The maximum absolute atomic E-state index is 13.3. The maximum Gasteiger partial charge on any atom is 0.231 e. The molecule has 1 aliphatic heterocycles. The van der Waals surface area contributed by atoms with Gasteiger partial charge in [0.05, 0.1) is 26.3 Å². The Balaban J connectivity index is 1.81. The molecule has 2 heterocycles. The van der Waals surface area contributed by atoms with E-state index < -0.39 is 0 Å². The highest BCUT2D eigenvalue weighted by Gasteiger charge is 2.39. The topological polar surface area (TPSA) is 69.5 Å². The van der Waals surface area contributed by atoms with E-state index in [1.807, 2.05) is 52.0 Å². The van der Waals surface area contributed by atoms with Gasteiger partial charge in [0.15, 0.2) is 0 Å². The van der Waals surface area contributed by atoms with Gasteiger partial charge in [-0.25, -0.2) is 4.68 Å². The number of hydrogen-bond donors (Lipinski definition) is 0. The van der Waals surface area contributed by atoms with Crippen molar-refractivity contribution in [3.05, 3.63) is 66.0 Å². The zero-order valence-corrected chi connectivity index (χ0v) is 18.2. The van der Waals surface area contributed by atoms with Crippen LogP contribution in [0.1, 0.15) is 55.8 Å². The Morgan fingerprint density at radius 2 is 1.84 bits per heavy atom. The van der Waals surface area contributed by atoms with Crippen LogP contribution in [0.4, 0.5) is 5.95 Å². The number of fused-ring (bicyclic) bond motifs is 1. The summed E-state index contributed by atoms with van der Waals surface area (Å²) >= 11 is 0. The van der Waals surface area contributed by atoms with Crippen molar-refractivity contribution in [2.45, 2.75) is 44.7 Å². The van der Waals surface area contributed by atoms with E-state index in [4.69, 9.17) is 9.47 Å². The molecule has 0 saturated heterocycles. The normalized spacial score (nSPS) is 17.8. The second-order valence-electron chi connectivity index (χ2n) is 7.65. The molecular weight excluding hydrogens is 392 g/mol. The van der Waals surface area contributed by atoms with Gasteiger partial charge in [-0.1, -0.05) is 43.7 Å². The van der Waals surface area contributed by atoms with Crippen LogP contribution >= 0.6 is 0 Å². The largest absolute Gasteiger partial charge is 0.497 e. The average Bonchev–Trinajstić information content (AvgIpc) is 3.31. The van der Waals surface area contributed by atoms with E-state index in [2.05, 4.69) is 23.1 Å². The third kappa shape index (κ3) is 4.00. The maximum atomic E-state index is 13.3. The minimum atomic E-state index is -0.165. The fraction of sp³-hybridized carbons (Fsp3) is 0.375. The SMILES string of the molecule is CCCCC(=O)N1c2ncnn2C(c2ccccc2OC)CC1c1ccc(OC)cc1. The number of amides is 1. The van der Waals surface area contributed by atoms with Gasteiger partial charge in [0.25, 0.3) is 0 Å². The minimum absolute atomic E-state index is 0.0652. The van der Waals surface area contributed by atoms with Crippen molar-refractivity contribution < 1.29 is 14.3 Å². The van der Waals surface area contributed by atoms with E-state index in [1.54, 1.807) is 14.2 Å². The lowest BCUT2D eigenvalue weighted by atomic mass is 9.91. The van der Waals surface area contributed by atoms with Crippen molar-refractivity contribution in [1.29, 1.82) is 0 Å². The molecule has 0 bridgehead atoms. The van der Waals surface area contributed by atoms with E-state index in [9.17, 15) is 4.79 Å². The van der Waals surface area contributed by atoms with Crippen molar-refractivity contribution in [2.75, 3.05) is 19.1 Å². The quantitative estimate of drug-likeness (QED) is 0.561. The lowest BCUT2D eigenvalue weighted by Gasteiger charge is -2.39. The van der Waals surface area contributed by atoms with Crippen LogP contribution < -0.4 is 14.4 Å². The second-order valence-corrected chi connectivity index (χ2v) is 7.65. The summed E-state index contributed by atoms with van der Waals surface area (Å²) in [5.41, 5.74) is 2.07. The van der Waals surface area contributed by atoms with Crippen LogP contribution in [0, 0.1) is 0 Å². The Morgan fingerprint density at radius 1 is 1.06 bits per heavy atom. The standard InChI is InChI=1S/C24H28N4O3/c1-4-5-10-23(29)27-20(17-11-13-18(30-2)14-12-17)15-21(28-24(27)25-16-26-28)19-8-6-7-9-22(19)31-3/h6-9,11-14,16,20-21H,4-5,10,15H2,1-3H3. The van der Waals surface area contributed by atoms with Crippen molar-refractivity contribution in [2.24, 2.45) is 0 Å². The highest BCUT2D eigenvalue weighted by atomic mass is 16.5. The van der Waals surface area contributed by atoms with Gasteiger partial charge < -0.3 is 9.47 Å².